The second-order valence-electron chi connectivity index (χ2n) is 4.16. The zero-order chi connectivity index (χ0) is 12.3. The van der Waals surface area contributed by atoms with E-state index in [9.17, 15) is 14.5 Å². The zero-order valence-electron chi connectivity index (χ0n) is 9.59. The van der Waals surface area contributed by atoms with Gasteiger partial charge in [0.25, 0.3) is 0 Å². The van der Waals surface area contributed by atoms with Crippen molar-refractivity contribution in [1.82, 2.24) is 0 Å². The maximum absolute atomic E-state index is 13.6. The molecule has 0 aromatic rings. The average Bonchev–Trinajstić information content (AvgIpc) is 2.30. The number of alkyl halides is 1. The molecule has 0 saturated carbocycles. The van der Waals surface area contributed by atoms with Gasteiger partial charge in [0.15, 0.2) is 6.17 Å². The molecular weight excluding hydrogens is 213 g/mol. The third-order valence-electron chi connectivity index (χ3n) is 2.34. The van der Waals surface area contributed by atoms with Gasteiger partial charge in [-0.1, -0.05) is 13.0 Å². The van der Waals surface area contributed by atoms with Crippen LogP contribution in [0, 0.1) is 16.0 Å². The fraction of sp³-hybridized carbons (Fsp3) is 0.636. The van der Waals surface area contributed by atoms with Crippen molar-refractivity contribution in [3.63, 3.8) is 0 Å². The van der Waals surface area contributed by atoms with Gasteiger partial charge in [-0.3, -0.25) is 10.1 Å². The van der Waals surface area contributed by atoms with Crippen LogP contribution in [0.1, 0.15) is 20.8 Å². The highest BCUT2D eigenvalue weighted by molar-refractivity contribution is 5.17. The molecular formula is C11H16FNO3. The van der Waals surface area contributed by atoms with Crippen LogP contribution in [0.3, 0.4) is 0 Å². The molecule has 1 rings (SSSR count). The molecule has 0 N–H and O–H groups in total. The molecule has 90 valence electrons. The topological polar surface area (TPSA) is 52.4 Å². The van der Waals surface area contributed by atoms with E-state index in [1.807, 2.05) is 0 Å². The highest BCUT2D eigenvalue weighted by Crippen LogP contribution is 2.22. The highest BCUT2D eigenvalue weighted by Gasteiger charge is 2.30. The first-order valence-corrected chi connectivity index (χ1v) is 5.26. The molecule has 0 aromatic heterocycles. The van der Waals surface area contributed by atoms with Gasteiger partial charge in [-0.25, -0.2) is 4.39 Å². The van der Waals surface area contributed by atoms with Gasteiger partial charge in [-0.15, -0.1) is 0 Å². The largest absolute Gasteiger partial charge is 0.492 e. The SMILES string of the molecule is CC(C)OC1=CC([N+](=O)[O-])[C@H](C)C=CC1F. The van der Waals surface area contributed by atoms with Crippen LogP contribution in [-0.4, -0.2) is 23.2 Å². The molecule has 0 aliphatic heterocycles. The minimum Gasteiger partial charge on any atom is -0.492 e. The number of halogens is 1. The van der Waals surface area contributed by atoms with Crippen LogP contribution in [-0.2, 0) is 4.74 Å². The molecule has 2 unspecified atom stereocenters. The Balaban J connectivity index is 2.97. The number of hydrogen-bond donors (Lipinski definition) is 0. The lowest BCUT2D eigenvalue weighted by Crippen LogP contribution is -2.24. The van der Waals surface area contributed by atoms with Crippen molar-refractivity contribution in [2.45, 2.75) is 39.1 Å². The summed E-state index contributed by atoms with van der Waals surface area (Å²) in [5.41, 5.74) is 0. The summed E-state index contributed by atoms with van der Waals surface area (Å²) in [7, 11) is 0. The van der Waals surface area contributed by atoms with Crippen LogP contribution in [0.4, 0.5) is 4.39 Å². The second-order valence-corrected chi connectivity index (χ2v) is 4.16. The Bertz CT molecular complexity index is 325. The van der Waals surface area contributed by atoms with Gasteiger partial charge >= 0.3 is 0 Å². The fourth-order valence-corrected chi connectivity index (χ4v) is 1.52. The van der Waals surface area contributed by atoms with Crippen LogP contribution in [0.5, 0.6) is 0 Å². The third kappa shape index (κ3) is 3.05. The van der Waals surface area contributed by atoms with Crippen molar-refractivity contribution in [3.8, 4) is 0 Å². The third-order valence-corrected chi connectivity index (χ3v) is 2.34. The Hall–Kier alpha value is -1.39. The molecule has 0 fully saturated rings. The van der Waals surface area contributed by atoms with E-state index in [4.69, 9.17) is 4.74 Å². The Labute approximate surface area is 93.9 Å². The Morgan fingerprint density at radius 3 is 2.62 bits per heavy atom. The first-order valence-electron chi connectivity index (χ1n) is 5.26. The smallest absolute Gasteiger partial charge is 0.240 e. The van der Waals surface area contributed by atoms with Gasteiger partial charge < -0.3 is 4.74 Å². The molecule has 0 heterocycles. The Morgan fingerprint density at radius 2 is 2.12 bits per heavy atom. The van der Waals surface area contributed by atoms with Crippen LogP contribution < -0.4 is 0 Å². The summed E-state index contributed by atoms with van der Waals surface area (Å²) in [5, 5.41) is 10.8. The molecule has 4 nitrogen and oxygen atoms in total. The van der Waals surface area contributed by atoms with E-state index in [0.717, 1.165) is 0 Å². The summed E-state index contributed by atoms with van der Waals surface area (Å²) in [6, 6.07) is -0.925. The minimum atomic E-state index is -1.39. The summed E-state index contributed by atoms with van der Waals surface area (Å²) in [6.07, 6.45) is 2.51. The number of rotatable bonds is 3. The molecule has 0 bridgehead atoms. The average molecular weight is 229 g/mol. The van der Waals surface area contributed by atoms with Gasteiger partial charge in [0.05, 0.1) is 6.10 Å². The Morgan fingerprint density at radius 1 is 1.50 bits per heavy atom. The van der Waals surface area contributed by atoms with Crippen LogP contribution >= 0.6 is 0 Å². The van der Waals surface area contributed by atoms with E-state index in [-0.39, 0.29) is 17.8 Å². The van der Waals surface area contributed by atoms with E-state index in [0.29, 0.717) is 0 Å². The first kappa shape index (κ1) is 12.7. The summed E-state index contributed by atoms with van der Waals surface area (Å²) in [5.74, 6) is -0.293. The molecule has 16 heavy (non-hydrogen) atoms. The van der Waals surface area contributed by atoms with Gasteiger partial charge in [0.2, 0.25) is 6.04 Å². The summed E-state index contributed by atoms with van der Waals surface area (Å²) >= 11 is 0. The fourth-order valence-electron chi connectivity index (χ4n) is 1.52. The van der Waals surface area contributed by atoms with Crippen LogP contribution in [0.15, 0.2) is 24.0 Å². The quantitative estimate of drug-likeness (QED) is 0.424. The molecule has 0 amide bonds. The van der Waals surface area contributed by atoms with E-state index < -0.39 is 17.1 Å². The number of hydrogen-bond acceptors (Lipinski definition) is 3. The van der Waals surface area contributed by atoms with Gasteiger partial charge in [-0.05, 0) is 19.9 Å². The molecule has 0 spiro atoms. The predicted molar refractivity (Wildman–Crippen MR) is 58.3 cm³/mol. The van der Waals surface area contributed by atoms with Crippen LogP contribution in [0.25, 0.3) is 0 Å². The lowest BCUT2D eigenvalue weighted by atomic mass is 10.0. The monoisotopic (exact) mass is 229 g/mol. The first-order chi connectivity index (χ1) is 7.41. The number of nitrogens with zero attached hydrogens (tertiary/aromatic N) is 1. The molecule has 0 radical (unpaired) electrons. The summed E-state index contributed by atoms with van der Waals surface area (Å²) in [4.78, 5) is 10.4. The van der Waals surface area contributed by atoms with Crippen molar-refractivity contribution >= 4 is 0 Å². The predicted octanol–water partition coefficient (Wildman–Crippen LogP) is 2.48. The van der Waals surface area contributed by atoms with Crippen molar-refractivity contribution in [2.24, 2.45) is 5.92 Å². The molecule has 1 aliphatic carbocycles. The van der Waals surface area contributed by atoms with E-state index in [1.165, 1.54) is 18.2 Å². The summed E-state index contributed by atoms with van der Waals surface area (Å²) in [6.45, 7) is 5.20. The standard InChI is InChI=1S/C11H16FNO3/c1-7(2)16-11-6-10(13(14)15)8(3)4-5-9(11)12/h4-10H,1-3H3/t8-,9?,10?/m1/s1. The summed E-state index contributed by atoms with van der Waals surface area (Å²) < 4.78 is 18.8. The van der Waals surface area contributed by atoms with Gasteiger partial charge in [-0.2, -0.15) is 0 Å². The van der Waals surface area contributed by atoms with Gasteiger partial charge in [0.1, 0.15) is 5.76 Å². The molecule has 3 atom stereocenters. The normalized spacial score (nSPS) is 29.8. The van der Waals surface area contributed by atoms with E-state index in [2.05, 4.69) is 0 Å². The van der Waals surface area contributed by atoms with E-state index in [1.54, 1.807) is 20.8 Å². The number of allylic oxidation sites excluding steroid dienone is 1. The van der Waals surface area contributed by atoms with E-state index >= 15 is 0 Å². The van der Waals surface area contributed by atoms with Crippen molar-refractivity contribution in [2.75, 3.05) is 0 Å². The van der Waals surface area contributed by atoms with Gasteiger partial charge in [0, 0.05) is 16.9 Å². The molecule has 0 saturated heterocycles. The molecule has 5 heteroatoms. The Kier molecular flexibility index (Phi) is 4.04. The number of ether oxygens (including phenoxy) is 1. The molecule has 0 aromatic carbocycles. The van der Waals surface area contributed by atoms with Crippen molar-refractivity contribution in [1.29, 1.82) is 0 Å². The highest BCUT2D eigenvalue weighted by atomic mass is 19.1. The lowest BCUT2D eigenvalue weighted by Gasteiger charge is -2.15. The maximum atomic E-state index is 13.6. The van der Waals surface area contributed by atoms with Crippen molar-refractivity contribution < 1.29 is 14.1 Å². The maximum Gasteiger partial charge on any atom is 0.240 e. The zero-order valence-corrected chi connectivity index (χ0v) is 9.59. The lowest BCUT2D eigenvalue weighted by molar-refractivity contribution is -0.515. The minimum absolute atomic E-state index is 0.0392. The second kappa shape index (κ2) is 5.09. The molecule has 1 aliphatic rings. The number of nitro groups is 1. The van der Waals surface area contributed by atoms with Crippen LogP contribution in [0.2, 0.25) is 0 Å². The van der Waals surface area contributed by atoms with Crippen molar-refractivity contribution in [3.05, 3.63) is 34.1 Å².